The first-order valence-corrected chi connectivity index (χ1v) is 17.3. The SMILES string of the molecule is CC(C)(C)OC(=O)N(CCCc1ccc(-c2ccc(C(=O)NS(C)(=O)=O)c(C3CCCC3)c2)cc1)C[C@H](O)c1ccc(N)cc1. The molecule has 0 aliphatic heterocycles. The van der Waals surface area contributed by atoms with Crippen LogP contribution in [-0.2, 0) is 21.2 Å². The number of carbonyl (C=O) groups is 2. The van der Waals surface area contributed by atoms with Crippen LogP contribution in [0, 0.1) is 0 Å². The average Bonchev–Trinajstić information content (AvgIpc) is 3.50. The summed E-state index contributed by atoms with van der Waals surface area (Å²) in [5, 5.41) is 10.8. The van der Waals surface area contributed by atoms with Crippen LogP contribution in [0.1, 0.15) is 91.9 Å². The molecule has 1 aliphatic rings. The third kappa shape index (κ3) is 10.1. The van der Waals surface area contributed by atoms with Crippen molar-refractivity contribution in [2.75, 3.05) is 25.1 Å². The highest BCUT2D eigenvalue weighted by Gasteiger charge is 2.26. The number of amides is 2. The topological polar surface area (TPSA) is 139 Å². The Bertz CT molecular complexity index is 1580. The summed E-state index contributed by atoms with van der Waals surface area (Å²) < 4.78 is 31.2. The summed E-state index contributed by atoms with van der Waals surface area (Å²) >= 11 is 0. The van der Waals surface area contributed by atoms with E-state index in [1.807, 2.05) is 45.0 Å². The van der Waals surface area contributed by atoms with E-state index in [1.165, 1.54) is 0 Å². The molecule has 0 radical (unpaired) electrons. The lowest BCUT2D eigenvalue weighted by atomic mass is 9.89. The number of hydrogen-bond acceptors (Lipinski definition) is 7. The zero-order valence-corrected chi connectivity index (χ0v) is 27.4. The van der Waals surface area contributed by atoms with Gasteiger partial charge in [-0.05, 0) is 98.4 Å². The van der Waals surface area contributed by atoms with Crippen LogP contribution in [0.25, 0.3) is 11.1 Å². The molecule has 0 saturated heterocycles. The Hall–Kier alpha value is -3.89. The molecule has 3 aromatic carbocycles. The summed E-state index contributed by atoms with van der Waals surface area (Å²) in [4.78, 5) is 27.3. The number of anilines is 1. The predicted molar refractivity (Wildman–Crippen MR) is 177 cm³/mol. The van der Waals surface area contributed by atoms with E-state index in [0.717, 1.165) is 60.6 Å². The first-order chi connectivity index (χ1) is 21.2. The summed E-state index contributed by atoms with van der Waals surface area (Å²) in [5.41, 5.74) is 10.7. The van der Waals surface area contributed by atoms with E-state index in [4.69, 9.17) is 10.5 Å². The first kappa shape index (κ1) is 34.0. The van der Waals surface area contributed by atoms with Gasteiger partial charge >= 0.3 is 6.09 Å². The fourth-order valence-corrected chi connectivity index (χ4v) is 6.15. The maximum Gasteiger partial charge on any atom is 0.410 e. The van der Waals surface area contributed by atoms with Crippen LogP contribution in [-0.4, -0.2) is 55.4 Å². The van der Waals surface area contributed by atoms with Crippen LogP contribution in [0.2, 0.25) is 0 Å². The molecule has 242 valence electrons. The van der Waals surface area contributed by atoms with Gasteiger partial charge in [0.1, 0.15) is 5.60 Å². The Balaban J connectivity index is 1.44. The van der Waals surface area contributed by atoms with Gasteiger partial charge in [0.2, 0.25) is 10.0 Å². The molecule has 1 atom stereocenters. The van der Waals surface area contributed by atoms with Crippen LogP contribution in [0.5, 0.6) is 0 Å². The molecule has 3 aromatic rings. The Morgan fingerprint density at radius 3 is 2.22 bits per heavy atom. The molecule has 45 heavy (non-hydrogen) atoms. The summed E-state index contributed by atoms with van der Waals surface area (Å²) in [5.74, 6) is -0.376. The Kier molecular flexibility index (Phi) is 10.9. The van der Waals surface area contributed by atoms with Crippen molar-refractivity contribution in [3.05, 3.63) is 89.0 Å². The second kappa shape index (κ2) is 14.5. The number of ether oxygens (including phenoxy) is 1. The second-order valence-electron chi connectivity index (χ2n) is 12.9. The minimum Gasteiger partial charge on any atom is -0.444 e. The lowest BCUT2D eigenvalue weighted by molar-refractivity contribution is 0.0142. The molecular formula is C35H45N3O6S. The number of benzene rings is 3. The van der Waals surface area contributed by atoms with Gasteiger partial charge in [-0.15, -0.1) is 0 Å². The van der Waals surface area contributed by atoms with Crippen LogP contribution >= 0.6 is 0 Å². The summed E-state index contributed by atoms with van der Waals surface area (Å²) in [6, 6.07) is 20.7. The average molecular weight is 636 g/mol. The van der Waals surface area contributed by atoms with Crippen molar-refractivity contribution < 1.29 is 27.9 Å². The molecule has 10 heteroatoms. The Morgan fingerprint density at radius 1 is 1.00 bits per heavy atom. The fraction of sp³-hybridized carbons (Fsp3) is 0.429. The molecule has 1 saturated carbocycles. The van der Waals surface area contributed by atoms with Gasteiger partial charge in [-0.1, -0.05) is 61.4 Å². The summed E-state index contributed by atoms with van der Waals surface area (Å²) in [7, 11) is -3.67. The van der Waals surface area contributed by atoms with Crippen molar-refractivity contribution in [2.24, 2.45) is 0 Å². The number of nitrogens with zero attached hydrogens (tertiary/aromatic N) is 1. The van der Waals surface area contributed by atoms with Crippen molar-refractivity contribution in [3.8, 4) is 11.1 Å². The molecule has 4 N–H and O–H groups in total. The number of nitrogen functional groups attached to an aromatic ring is 1. The highest BCUT2D eigenvalue weighted by Crippen LogP contribution is 2.38. The van der Waals surface area contributed by atoms with Crippen molar-refractivity contribution >= 4 is 27.7 Å². The Labute approximate surface area is 266 Å². The van der Waals surface area contributed by atoms with Crippen LogP contribution < -0.4 is 10.5 Å². The molecule has 4 rings (SSSR count). The van der Waals surface area contributed by atoms with E-state index in [0.29, 0.717) is 29.8 Å². The summed E-state index contributed by atoms with van der Waals surface area (Å²) in [6.07, 6.45) is 5.13. The highest BCUT2D eigenvalue weighted by atomic mass is 32.2. The minimum atomic E-state index is -3.67. The zero-order valence-electron chi connectivity index (χ0n) is 26.6. The van der Waals surface area contributed by atoms with Crippen molar-refractivity contribution in [1.82, 2.24) is 9.62 Å². The van der Waals surface area contributed by atoms with E-state index in [1.54, 1.807) is 35.2 Å². The zero-order chi connectivity index (χ0) is 32.8. The lowest BCUT2D eigenvalue weighted by Crippen LogP contribution is -2.40. The molecule has 0 spiro atoms. The third-order valence-electron chi connectivity index (χ3n) is 7.92. The predicted octanol–water partition coefficient (Wildman–Crippen LogP) is 6.19. The van der Waals surface area contributed by atoms with Crippen molar-refractivity contribution in [3.63, 3.8) is 0 Å². The molecule has 9 nitrogen and oxygen atoms in total. The van der Waals surface area contributed by atoms with Crippen LogP contribution in [0.15, 0.2) is 66.7 Å². The van der Waals surface area contributed by atoms with Crippen molar-refractivity contribution in [2.45, 2.75) is 76.9 Å². The number of rotatable bonds is 11. The van der Waals surface area contributed by atoms with E-state index in [-0.39, 0.29) is 12.5 Å². The van der Waals surface area contributed by atoms with Crippen molar-refractivity contribution in [1.29, 1.82) is 0 Å². The van der Waals surface area contributed by atoms with Gasteiger partial charge in [0, 0.05) is 17.8 Å². The van der Waals surface area contributed by atoms with E-state index in [2.05, 4.69) is 16.9 Å². The number of nitrogens with two attached hydrogens (primary N) is 1. The smallest absolute Gasteiger partial charge is 0.410 e. The molecular weight excluding hydrogens is 590 g/mol. The van der Waals surface area contributed by atoms with Gasteiger partial charge in [0.15, 0.2) is 0 Å². The molecule has 1 fully saturated rings. The number of aliphatic hydroxyl groups excluding tert-OH is 1. The van der Waals surface area contributed by atoms with Gasteiger partial charge in [0.05, 0.1) is 18.9 Å². The van der Waals surface area contributed by atoms with E-state index >= 15 is 0 Å². The van der Waals surface area contributed by atoms with Gasteiger partial charge in [-0.2, -0.15) is 0 Å². The molecule has 0 heterocycles. The van der Waals surface area contributed by atoms with Gasteiger partial charge < -0.3 is 20.5 Å². The van der Waals surface area contributed by atoms with Crippen LogP contribution in [0.3, 0.4) is 0 Å². The number of carbonyl (C=O) groups excluding carboxylic acids is 2. The number of hydrogen-bond donors (Lipinski definition) is 3. The number of aryl methyl sites for hydroxylation is 1. The normalized spacial score (nSPS) is 14.6. The molecule has 0 unspecified atom stereocenters. The van der Waals surface area contributed by atoms with Gasteiger partial charge in [0.25, 0.3) is 5.91 Å². The maximum atomic E-state index is 13.0. The lowest BCUT2D eigenvalue weighted by Gasteiger charge is -2.29. The van der Waals surface area contributed by atoms with E-state index < -0.39 is 33.7 Å². The number of aliphatic hydroxyl groups is 1. The van der Waals surface area contributed by atoms with E-state index in [9.17, 15) is 23.1 Å². The van der Waals surface area contributed by atoms with Crippen LogP contribution in [0.4, 0.5) is 10.5 Å². The molecule has 1 aliphatic carbocycles. The monoisotopic (exact) mass is 635 g/mol. The molecule has 0 bridgehead atoms. The highest BCUT2D eigenvalue weighted by molar-refractivity contribution is 7.89. The fourth-order valence-electron chi connectivity index (χ4n) is 5.70. The third-order valence-corrected chi connectivity index (χ3v) is 8.47. The second-order valence-corrected chi connectivity index (χ2v) is 14.6. The maximum absolute atomic E-state index is 13.0. The van der Waals surface area contributed by atoms with Gasteiger partial charge in [-0.3, -0.25) is 4.79 Å². The van der Waals surface area contributed by atoms with Gasteiger partial charge in [-0.25, -0.2) is 17.9 Å². The first-order valence-electron chi connectivity index (χ1n) is 15.5. The number of nitrogens with one attached hydrogen (secondary N) is 1. The largest absolute Gasteiger partial charge is 0.444 e. The quantitative estimate of drug-likeness (QED) is 0.214. The standard InChI is InChI=1S/C35H45N3O6S/c1-35(2,3)44-34(41)38(23-32(39)27-15-18-29(36)19-16-27)21-7-8-24-11-13-25(14-12-24)28-17-20-30(33(40)37-45(4,42)43)31(22-28)26-9-5-6-10-26/h11-20,22,26,32,39H,5-10,21,23,36H2,1-4H3,(H,37,40)/t32-/m0/s1. The summed E-state index contributed by atoms with van der Waals surface area (Å²) in [6.45, 7) is 5.95. The minimum absolute atomic E-state index is 0.0965. The Morgan fingerprint density at radius 2 is 1.62 bits per heavy atom. The molecule has 2 amide bonds. The number of sulfonamides is 1. The molecule has 0 aromatic heterocycles.